The van der Waals surface area contributed by atoms with E-state index in [1.807, 2.05) is 25.3 Å². The highest BCUT2D eigenvalue weighted by molar-refractivity contribution is 6.35. The largest absolute Gasteiger partial charge is 0.383 e. The summed E-state index contributed by atoms with van der Waals surface area (Å²) in [6, 6.07) is 6.02. The minimum absolute atomic E-state index is 0.647. The van der Waals surface area contributed by atoms with Gasteiger partial charge in [0.1, 0.15) is 0 Å². The highest BCUT2D eigenvalue weighted by atomic mass is 35.5. The Bertz CT molecular complexity index is 566. The summed E-state index contributed by atoms with van der Waals surface area (Å²) in [6.45, 7) is 7.47. The fourth-order valence-electron chi connectivity index (χ4n) is 2.43. The van der Waals surface area contributed by atoms with Crippen LogP contribution in [-0.2, 0) is 0 Å². The minimum Gasteiger partial charge on any atom is -0.383 e. The van der Waals surface area contributed by atoms with Crippen molar-refractivity contribution in [2.75, 3.05) is 11.9 Å². The Morgan fingerprint density at radius 2 is 2.21 bits per heavy atom. The Balaban J connectivity index is 2.32. The molecule has 0 saturated carbocycles. The van der Waals surface area contributed by atoms with Crippen molar-refractivity contribution in [3.8, 4) is 0 Å². The van der Waals surface area contributed by atoms with Gasteiger partial charge in [0, 0.05) is 18.1 Å². The summed E-state index contributed by atoms with van der Waals surface area (Å²) in [4.78, 5) is 4.45. The van der Waals surface area contributed by atoms with Gasteiger partial charge in [-0.1, -0.05) is 31.9 Å². The van der Waals surface area contributed by atoms with Gasteiger partial charge in [-0.2, -0.15) is 0 Å². The third-order valence-corrected chi connectivity index (χ3v) is 3.74. The van der Waals surface area contributed by atoms with Crippen LogP contribution in [0.4, 0.5) is 5.69 Å². The number of pyridine rings is 1. The molecule has 0 aliphatic carbocycles. The van der Waals surface area contributed by atoms with Gasteiger partial charge in [-0.05, 0) is 43.0 Å². The molecule has 0 aliphatic rings. The summed E-state index contributed by atoms with van der Waals surface area (Å²) < 4.78 is 0. The average molecular weight is 277 g/mol. The quantitative estimate of drug-likeness (QED) is 0.827. The van der Waals surface area contributed by atoms with E-state index in [0.29, 0.717) is 5.92 Å². The van der Waals surface area contributed by atoms with Crippen LogP contribution in [-0.4, -0.2) is 11.5 Å². The number of halogens is 1. The predicted molar refractivity (Wildman–Crippen MR) is 84.1 cm³/mol. The van der Waals surface area contributed by atoms with E-state index in [1.54, 1.807) is 0 Å². The van der Waals surface area contributed by atoms with Crippen LogP contribution in [0, 0.1) is 12.8 Å². The highest BCUT2D eigenvalue weighted by Crippen LogP contribution is 2.32. The van der Waals surface area contributed by atoms with E-state index in [2.05, 4.69) is 30.2 Å². The molecule has 0 fully saturated rings. The van der Waals surface area contributed by atoms with Gasteiger partial charge >= 0.3 is 0 Å². The summed E-state index contributed by atoms with van der Waals surface area (Å²) in [7, 11) is 0. The number of fused-ring (bicyclic) bond motifs is 1. The smallest absolute Gasteiger partial charge is 0.0752 e. The lowest BCUT2D eigenvalue weighted by Gasteiger charge is -2.16. The van der Waals surface area contributed by atoms with Crippen LogP contribution in [0.15, 0.2) is 24.4 Å². The lowest BCUT2D eigenvalue weighted by Crippen LogP contribution is -2.11. The van der Waals surface area contributed by atoms with E-state index in [0.717, 1.165) is 33.7 Å². The summed E-state index contributed by atoms with van der Waals surface area (Å²) in [5, 5.41) is 5.38. The van der Waals surface area contributed by atoms with Crippen molar-refractivity contribution in [1.82, 2.24) is 4.98 Å². The zero-order chi connectivity index (χ0) is 13.8. The number of nitrogens with zero attached hydrogens (tertiary/aromatic N) is 1. The Morgan fingerprint density at radius 1 is 1.42 bits per heavy atom. The maximum Gasteiger partial charge on any atom is 0.0752 e. The molecule has 1 heterocycles. The third-order valence-electron chi connectivity index (χ3n) is 3.44. The topological polar surface area (TPSA) is 24.9 Å². The van der Waals surface area contributed by atoms with Gasteiger partial charge in [-0.3, -0.25) is 4.98 Å². The number of hydrogen-bond acceptors (Lipinski definition) is 2. The van der Waals surface area contributed by atoms with Crippen LogP contribution >= 0.6 is 11.6 Å². The maximum absolute atomic E-state index is 6.38. The monoisotopic (exact) mass is 276 g/mol. The zero-order valence-electron chi connectivity index (χ0n) is 11.8. The molecule has 1 aromatic heterocycles. The SMILES string of the molecule is CCCC(C)CNc1c(Cl)cc(C)c2ncccc12. The van der Waals surface area contributed by atoms with Crippen molar-refractivity contribution in [3.05, 3.63) is 35.0 Å². The Kier molecular flexibility index (Phi) is 4.65. The second-order valence-corrected chi connectivity index (χ2v) is 5.63. The first-order valence-corrected chi connectivity index (χ1v) is 7.29. The van der Waals surface area contributed by atoms with Gasteiger partial charge < -0.3 is 5.32 Å². The molecule has 19 heavy (non-hydrogen) atoms. The van der Waals surface area contributed by atoms with Gasteiger partial charge in [0.05, 0.1) is 16.2 Å². The van der Waals surface area contributed by atoms with E-state index in [4.69, 9.17) is 11.6 Å². The zero-order valence-corrected chi connectivity index (χ0v) is 12.6. The molecule has 0 aliphatic heterocycles. The van der Waals surface area contributed by atoms with E-state index >= 15 is 0 Å². The van der Waals surface area contributed by atoms with Crippen LogP contribution in [0.3, 0.4) is 0 Å². The molecule has 102 valence electrons. The molecule has 3 heteroatoms. The minimum atomic E-state index is 0.647. The second-order valence-electron chi connectivity index (χ2n) is 5.22. The molecule has 1 atom stereocenters. The van der Waals surface area contributed by atoms with Crippen LogP contribution < -0.4 is 5.32 Å². The van der Waals surface area contributed by atoms with E-state index in [1.165, 1.54) is 12.8 Å². The van der Waals surface area contributed by atoms with Crippen molar-refractivity contribution >= 4 is 28.2 Å². The summed E-state index contributed by atoms with van der Waals surface area (Å²) in [5.74, 6) is 0.647. The lowest BCUT2D eigenvalue weighted by atomic mass is 10.1. The fraction of sp³-hybridized carbons (Fsp3) is 0.438. The van der Waals surface area contributed by atoms with Crippen LogP contribution in [0.5, 0.6) is 0 Å². The molecule has 2 aromatic rings. The van der Waals surface area contributed by atoms with Crippen molar-refractivity contribution in [3.63, 3.8) is 0 Å². The number of hydrogen-bond donors (Lipinski definition) is 1. The molecule has 0 radical (unpaired) electrons. The van der Waals surface area contributed by atoms with Crippen LogP contribution in [0.1, 0.15) is 32.3 Å². The van der Waals surface area contributed by atoms with Crippen LogP contribution in [0.2, 0.25) is 5.02 Å². The summed E-state index contributed by atoms with van der Waals surface area (Å²) >= 11 is 6.38. The Morgan fingerprint density at radius 3 is 2.95 bits per heavy atom. The van der Waals surface area contributed by atoms with Crippen molar-refractivity contribution in [2.45, 2.75) is 33.6 Å². The number of benzene rings is 1. The highest BCUT2D eigenvalue weighted by Gasteiger charge is 2.10. The summed E-state index contributed by atoms with van der Waals surface area (Å²) in [5.41, 5.74) is 3.16. The number of aryl methyl sites for hydroxylation is 1. The molecule has 2 nitrogen and oxygen atoms in total. The molecular formula is C16H21ClN2. The first-order chi connectivity index (χ1) is 9.13. The average Bonchev–Trinajstić information content (AvgIpc) is 2.39. The third kappa shape index (κ3) is 3.19. The normalized spacial score (nSPS) is 12.6. The number of rotatable bonds is 5. The Hall–Kier alpha value is -1.28. The van der Waals surface area contributed by atoms with Crippen LogP contribution in [0.25, 0.3) is 10.9 Å². The predicted octanol–water partition coefficient (Wildman–Crippen LogP) is 5.04. The van der Waals surface area contributed by atoms with Crippen molar-refractivity contribution < 1.29 is 0 Å². The van der Waals surface area contributed by atoms with E-state index in [-0.39, 0.29) is 0 Å². The molecule has 0 amide bonds. The van der Waals surface area contributed by atoms with Gasteiger partial charge in [0.15, 0.2) is 0 Å². The van der Waals surface area contributed by atoms with Gasteiger partial charge in [-0.15, -0.1) is 0 Å². The maximum atomic E-state index is 6.38. The molecular weight excluding hydrogens is 256 g/mol. The molecule has 1 aromatic carbocycles. The van der Waals surface area contributed by atoms with Gasteiger partial charge in [0.25, 0.3) is 0 Å². The lowest BCUT2D eigenvalue weighted by molar-refractivity contribution is 0.551. The molecule has 0 bridgehead atoms. The summed E-state index contributed by atoms with van der Waals surface area (Å²) in [6.07, 6.45) is 4.27. The second kappa shape index (κ2) is 6.25. The molecule has 0 spiro atoms. The van der Waals surface area contributed by atoms with Crippen molar-refractivity contribution in [2.24, 2.45) is 5.92 Å². The van der Waals surface area contributed by atoms with E-state index < -0.39 is 0 Å². The fourth-order valence-corrected chi connectivity index (χ4v) is 2.76. The van der Waals surface area contributed by atoms with Gasteiger partial charge in [0.2, 0.25) is 0 Å². The first-order valence-electron chi connectivity index (χ1n) is 6.91. The number of nitrogens with one attached hydrogen (secondary N) is 1. The number of anilines is 1. The first kappa shape index (κ1) is 14.1. The van der Waals surface area contributed by atoms with Crippen molar-refractivity contribution in [1.29, 1.82) is 0 Å². The Labute approximate surface area is 120 Å². The molecule has 0 saturated heterocycles. The number of aromatic nitrogens is 1. The molecule has 2 rings (SSSR count). The van der Waals surface area contributed by atoms with Gasteiger partial charge in [-0.25, -0.2) is 0 Å². The molecule has 1 N–H and O–H groups in total. The standard InChI is InChI=1S/C16H21ClN2/c1-4-6-11(2)10-19-16-13-7-5-8-18-15(13)12(3)9-14(16)17/h5,7-9,11,19H,4,6,10H2,1-3H3. The molecule has 1 unspecified atom stereocenters. The van der Waals surface area contributed by atoms with E-state index in [9.17, 15) is 0 Å².